The first-order chi connectivity index (χ1) is 7.61. The first kappa shape index (κ1) is 11.5. The lowest BCUT2D eigenvalue weighted by Crippen LogP contribution is -1.91. The zero-order chi connectivity index (χ0) is 11.7. The number of hydrogen-bond acceptors (Lipinski definition) is 2. The molecule has 0 fully saturated rings. The van der Waals surface area contributed by atoms with Gasteiger partial charge in [0, 0.05) is 4.47 Å². The van der Waals surface area contributed by atoms with Gasteiger partial charge in [0.1, 0.15) is 23.5 Å². The molecule has 2 nitrogen and oxygen atoms in total. The van der Waals surface area contributed by atoms with Gasteiger partial charge in [-0.3, -0.25) is 0 Å². The van der Waals surface area contributed by atoms with Crippen LogP contribution in [0, 0.1) is 11.6 Å². The van der Waals surface area contributed by atoms with Gasteiger partial charge in [0.05, 0.1) is 11.6 Å². The normalized spacial score (nSPS) is 10.8. The van der Waals surface area contributed by atoms with E-state index < -0.39 is 11.6 Å². The van der Waals surface area contributed by atoms with E-state index in [1.54, 1.807) is 0 Å². The Morgan fingerprint density at radius 1 is 1.31 bits per heavy atom. The van der Waals surface area contributed by atoms with Crippen molar-refractivity contribution in [1.29, 1.82) is 0 Å². The van der Waals surface area contributed by atoms with Crippen LogP contribution in [0.4, 0.5) is 8.78 Å². The summed E-state index contributed by atoms with van der Waals surface area (Å²) >= 11 is 8.50. The highest BCUT2D eigenvalue weighted by molar-refractivity contribution is 9.10. The number of aromatic nitrogens is 1. The molecule has 0 radical (unpaired) electrons. The van der Waals surface area contributed by atoms with Crippen molar-refractivity contribution in [2.45, 2.75) is 5.88 Å². The largest absolute Gasteiger partial charge is 0.444 e. The van der Waals surface area contributed by atoms with E-state index in [2.05, 4.69) is 20.9 Å². The highest BCUT2D eigenvalue weighted by Crippen LogP contribution is 2.28. The van der Waals surface area contributed by atoms with E-state index in [0.29, 0.717) is 10.2 Å². The van der Waals surface area contributed by atoms with Gasteiger partial charge in [0.25, 0.3) is 0 Å². The molecule has 0 spiro atoms. The van der Waals surface area contributed by atoms with E-state index in [1.165, 1.54) is 6.26 Å². The second-order valence-electron chi connectivity index (χ2n) is 3.02. The monoisotopic (exact) mass is 307 g/mol. The van der Waals surface area contributed by atoms with Gasteiger partial charge in [-0.1, -0.05) is 15.9 Å². The molecule has 6 heteroatoms. The third kappa shape index (κ3) is 2.10. The van der Waals surface area contributed by atoms with E-state index in [-0.39, 0.29) is 17.3 Å². The lowest BCUT2D eigenvalue weighted by molar-refractivity contribution is 0.541. The summed E-state index contributed by atoms with van der Waals surface area (Å²) in [6.07, 6.45) is 1.27. The van der Waals surface area contributed by atoms with E-state index in [9.17, 15) is 8.78 Å². The number of benzene rings is 1. The fraction of sp³-hybridized carbons (Fsp3) is 0.100. The molecule has 16 heavy (non-hydrogen) atoms. The molecule has 1 aromatic carbocycles. The molecule has 2 aromatic rings. The van der Waals surface area contributed by atoms with Crippen LogP contribution in [0.15, 0.2) is 27.3 Å². The zero-order valence-electron chi connectivity index (χ0n) is 7.81. The molecule has 84 valence electrons. The van der Waals surface area contributed by atoms with Crippen LogP contribution in [0.1, 0.15) is 5.69 Å². The molecule has 0 atom stereocenters. The number of oxazole rings is 1. The summed E-state index contributed by atoms with van der Waals surface area (Å²) in [5.41, 5.74) is 0.137. The molecule has 0 bridgehead atoms. The minimum Gasteiger partial charge on any atom is -0.444 e. The zero-order valence-corrected chi connectivity index (χ0v) is 10.1. The second-order valence-corrected chi connectivity index (χ2v) is 4.20. The fourth-order valence-electron chi connectivity index (χ4n) is 1.23. The topological polar surface area (TPSA) is 26.0 Å². The fourth-order valence-corrected chi connectivity index (χ4v) is 1.75. The van der Waals surface area contributed by atoms with Gasteiger partial charge in [-0.25, -0.2) is 13.8 Å². The van der Waals surface area contributed by atoms with E-state index in [0.717, 1.165) is 12.1 Å². The molecule has 0 saturated heterocycles. The van der Waals surface area contributed by atoms with Crippen molar-refractivity contribution in [3.05, 3.63) is 40.2 Å². The van der Waals surface area contributed by atoms with Crippen LogP contribution in [0.25, 0.3) is 11.5 Å². The Bertz CT molecular complexity index is 506. The lowest BCUT2D eigenvalue weighted by atomic mass is 10.2. The molecule has 0 saturated carbocycles. The van der Waals surface area contributed by atoms with Crippen LogP contribution in [-0.2, 0) is 5.88 Å². The molecular formula is C10H5BrClF2NO. The van der Waals surface area contributed by atoms with E-state index >= 15 is 0 Å². The summed E-state index contributed by atoms with van der Waals surface area (Å²) in [6.45, 7) is 0. The Kier molecular flexibility index (Phi) is 3.25. The molecule has 0 aliphatic carbocycles. The predicted octanol–water partition coefficient (Wildman–Crippen LogP) is 4.12. The van der Waals surface area contributed by atoms with Crippen LogP contribution in [0.2, 0.25) is 0 Å². The highest BCUT2D eigenvalue weighted by Gasteiger charge is 2.17. The Labute approximate surface area is 103 Å². The maximum absolute atomic E-state index is 13.5. The molecule has 1 aromatic heterocycles. The highest BCUT2D eigenvalue weighted by atomic mass is 79.9. The molecule has 0 aliphatic rings. The van der Waals surface area contributed by atoms with Gasteiger partial charge >= 0.3 is 0 Å². The summed E-state index contributed by atoms with van der Waals surface area (Å²) < 4.78 is 32.3. The Morgan fingerprint density at radius 2 is 1.94 bits per heavy atom. The summed E-state index contributed by atoms with van der Waals surface area (Å²) in [7, 11) is 0. The maximum Gasteiger partial charge on any atom is 0.232 e. The lowest BCUT2D eigenvalue weighted by Gasteiger charge is -2.00. The van der Waals surface area contributed by atoms with Gasteiger partial charge in [0.2, 0.25) is 5.89 Å². The molecule has 0 unspecified atom stereocenters. The van der Waals surface area contributed by atoms with Gasteiger partial charge in [-0.2, -0.15) is 0 Å². The number of rotatable bonds is 2. The molecule has 1 heterocycles. The van der Waals surface area contributed by atoms with Crippen molar-refractivity contribution in [2.75, 3.05) is 0 Å². The molecule has 2 rings (SSSR count). The van der Waals surface area contributed by atoms with Crippen molar-refractivity contribution in [3.8, 4) is 11.5 Å². The SMILES string of the molecule is Fc1cc(Br)cc(F)c1-c1nc(CCl)co1. The van der Waals surface area contributed by atoms with Crippen LogP contribution >= 0.6 is 27.5 Å². The Balaban J connectivity index is 2.55. The second kappa shape index (κ2) is 4.51. The smallest absolute Gasteiger partial charge is 0.232 e. The van der Waals surface area contributed by atoms with Gasteiger partial charge in [0.15, 0.2) is 0 Å². The first-order valence-electron chi connectivity index (χ1n) is 4.27. The number of nitrogens with zero attached hydrogens (tertiary/aromatic N) is 1. The van der Waals surface area contributed by atoms with Crippen molar-refractivity contribution >= 4 is 27.5 Å². The summed E-state index contributed by atoms with van der Waals surface area (Å²) in [5.74, 6) is -1.47. The van der Waals surface area contributed by atoms with Gasteiger partial charge in [-0.05, 0) is 12.1 Å². The first-order valence-corrected chi connectivity index (χ1v) is 5.60. The Morgan fingerprint density at radius 3 is 2.44 bits per heavy atom. The maximum atomic E-state index is 13.5. The Hall–Kier alpha value is -0.940. The third-order valence-electron chi connectivity index (χ3n) is 1.91. The average molecular weight is 309 g/mol. The van der Waals surface area contributed by atoms with Crippen LogP contribution in [-0.4, -0.2) is 4.98 Å². The quantitative estimate of drug-likeness (QED) is 0.780. The molecule has 0 amide bonds. The van der Waals surface area contributed by atoms with Crippen molar-refractivity contribution in [3.63, 3.8) is 0 Å². The van der Waals surface area contributed by atoms with Crippen molar-refractivity contribution in [2.24, 2.45) is 0 Å². The minimum atomic E-state index is -0.741. The summed E-state index contributed by atoms with van der Waals surface area (Å²) in [5, 5.41) is 0. The number of hydrogen-bond donors (Lipinski definition) is 0. The summed E-state index contributed by atoms with van der Waals surface area (Å²) in [4.78, 5) is 3.86. The van der Waals surface area contributed by atoms with E-state index in [4.69, 9.17) is 16.0 Å². The minimum absolute atomic E-state index is 0.113. The molecule has 0 N–H and O–H groups in total. The van der Waals surface area contributed by atoms with Crippen LogP contribution in [0.3, 0.4) is 0 Å². The number of alkyl halides is 1. The molecule has 0 aliphatic heterocycles. The van der Waals surface area contributed by atoms with Crippen LogP contribution in [0.5, 0.6) is 0 Å². The molecular weight excluding hydrogens is 303 g/mol. The third-order valence-corrected chi connectivity index (χ3v) is 2.64. The average Bonchev–Trinajstić information content (AvgIpc) is 2.64. The van der Waals surface area contributed by atoms with Crippen molar-refractivity contribution in [1.82, 2.24) is 4.98 Å². The standard InChI is InChI=1S/C10H5BrClF2NO/c11-5-1-7(13)9(8(14)2-5)10-15-6(3-12)4-16-10/h1-2,4H,3H2. The summed E-state index contributed by atoms with van der Waals surface area (Å²) in [6, 6.07) is 2.28. The van der Waals surface area contributed by atoms with Gasteiger partial charge < -0.3 is 4.42 Å². The van der Waals surface area contributed by atoms with Crippen LogP contribution < -0.4 is 0 Å². The van der Waals surface area contributed by atoms with Gasteiger partial charge in [-0.15, -0.1) is 11.6 Å². The predicted molar refractivity (Wildman–Crippen MR) is 59.1 cm³/mol. The van der Waals surface area contributed by atoms with E-state index in [1.807, 2.05) is 0 Å². The van der Waals surface area contributed by atoms with Crippen molar-refractivity contribution < 1.29 is 13.2 Å². The number of halogens is 4.